The molecule has 0 radical (unpaired) electrons. The van der Waals surface area contributed by atoms with Gasteiger partial charge in [0.25, 0.3) is 0 Å². The van der Waals surface area contributed by atoms with E-state index in [1.807, 2.05) is 6.07 Å². The predicted octanol–water partition coefficient (Wildman–Crippen LogP) is 2.42. The van der Waals surface area contributed by atoms with Crippen molar-refractivity contribution in [3.8, 4) is 11.8 Å². The van der Waals surface area contributed by atoms with Gasteiger partial charge in [0.2, 0.25) is 0 Å². The molecule has 0 unspecified atom stereocenters. The van der Waals surface area contributed by atoms with Crippen molar-refractivity contribution in [3.05, 3.63) is 35.1 Å². The number of aliphatic hydroxyl groups excluding tert-OH is 1. The smallest absolute Gasteiger partial charge is 0.124 e. The highest BCUT2D eigenvalue weighted by Gasteiger charge is 2.11. The number of halogens is 1. The summed E-state index contributed by atoms with van der Waals surface area (Å²) in [5.74, 6) is 5.41. The minimum absolute atomic E-state index is 0.0211. The molecule has 0 bridgehead atoms. The van der Waals surface area contributed by atoms with Gasteiger partial charge in [-0.05, 0) is 37.6 Å². The summed E-state index contributed by atoms with van der Waals surface area (Å²) in [4.78, 5) is 2.23. The van der Waals surface area contributed by atoms with Gasteiger partial charge in [0.15, 0.2) is 0 Å². The fraction of sp³-hybridized carbons (Fsp3) is 0.529. The molecule has 1 aromatic carbocycles. The van der Waals surface area contributed by atoms with Crippen molar-refractivity contribution in [1.82, 2.24) is 4.90 Å². The molecule has 4 heteroatoms. The first-order valence-corrected chi connectivity index (χ1v) is 7.19. The van der Waals surface area contributed by atoms with Gasteiger partial charge >= 0.3 is 0 Å². The van der Waals surface area contributed by atoms with E-state index in [0.29, 0.717) is 31.2 Å². The number of benzene rings is 1. The largest absolute Gasteiger partial charge is 0.395 e. The third kappa shape index (κ3) is 6.72. The van der Waals surface area contributed by atoms with Crippen LogP contribution < -0.4 is 0 Å². The van der Waals surface area contributed by atoms with Gasteiger partial charge in [0, 0.05) is 38.2 Å². The third-order valence-corrected chi connectivity index (χ3v) is 3.13. The molecule has 1 rings (SSSR count). The second-order valence-electron chi connectivity index (χ2n) is 5.18. The summed E-state index contributed by atoms with van der Waals surface area (Å²) < 4.78 is 18.8. The van der Waals surface area contributed by atoms with Crippen LogP contribution in [0.3, 0.4) is 0 Å². The van der Waals surface area contributed by atoms with Gasteiger partial charge in [0.05, 0.1) is 13.2 Å². The Hall–Kier alpha value is -1.41. The highest BCUT2D eigenvalue weighted by molar-refractivity contribution is 5.37. The zero-order valence-corrected chi connectivity index (χ0v) is 13.0. The lowest BCUT2D eigenvalue weighted by Gasteiger charge is -2.26. The first kappa shape index (κ1) is 17.6. The zero-order chi connectivity index (χ0) is 15.7. The van der Waals surface area contributed by atoms with Crippen molar-refractivity contribution in [2.75, 3.05) is 26.9 Å². The van der Waals surface area contributed by atoms with E-state index in [0.717, 1.165) is 12.1 Å². The molecule has 0 aromatic heterocycles. The Morgan fingerprint density at radius 1 is 1.33 bits per heavy atom. The Morgan fingerprint density at radius 3 is 2.71 bits per heavy atom. The van der Waals surface area contributed by atoms with Gasteiger partial charge in [-0.1, -0.05) is 11.8 Å². The van der Waals surface area contributed by atoms with E-state index in [1.54, 1.807) is 13.2 Å². The van der Waals surface area contributed by atoms with Crippen LogP contribution in [0, 0.1) is 17.7 Å². The van der Waals surface area contributed by atoms with Crippen molar-refractivity contribution in [2.24, 2.45) is 0 Å². The first-order valence-electron chi connectivity index (χ1n) is 7.19. The minimum atomic E-state index is -0.281. The number of nitrogens with zero attached hydrogens (tertiary/aromatic N) is 1. The van der Waals surface area contributed by atoms with Gasteiger partial charge in [-0.3, -0.25) is 4.90 Å². The topological polar surface area (TPSA) is 32.7 Å². The van der Waals surface area contributed by atoms with E-state index in [1.165, 1.54) is 6.07 Å². The number of ether oxygens (including phenoxy) is 1. The predicted molar refractivity (Wildman–Crippen MR) is 82.4 cm³/mol. The van der Waals surface area contributed by atoms with Crippen molar-refractivity contribution < 1.29 is 14.2 Å². The Bertz CT molecular complexity index is 491. The molecule has 116 valence electrons. The van der Waals surface area contributed by atoms with E-state index in [9.17, 15) is 4.39 Å². The molecule has 1 aromatic rings. The van der Waals surface area contributed by atoms with Crippen molar-refractivity contribution in [3.63, 3.8) is 0 Å². The molecule has 0 atom stereocenters. The number of hydrogen-bond acceptors (Lipinski definition) is 3. The summed E-state index contributed by atoms with van der Waals surface area (Å²) >= 11 is 0. The summed E-state index contributed by atoms with van der Waals surface area (Å²) in [5.41, 5.74) is 1.54. The van der Waals surface area contributed by atoms with Crippen LogP contribution >= 0.6 is 0 Å². The van der Waals surface area contributed by atoms with Crippen LogP contribution in [0.4, 0.5) is 4.39 Å². The molecule has 0 aliphatic rings. The van der Waals surface area contributed by atoms with Crippen molar-refractivity contribution >= 4 is 0 Å². The number of hydrogen-bond donors (Lipinski definition) is 1. The maximum absolute atomic E-state index is 13.7. The van der Waals surface area contributed by atoms with E-state index in [-0.39, 0.29) is 12.4 Å². The molecule has 0 heterocycles. The molecule has 1 N–H and O–H groups in total. The van der Waals surface area contributed by atoms with Gasteiger partial charge in [-0.25, -0.2) is 4.39 Å². The summed E-state index contributed by atoms with van der Waals surface area (Å²) in [6.07, 6.45) is 0.401. The lowest BCUT2D eigenvalue weighted by molar-refractivity contribution is 0.125. The average Bonchev–Trinajstić information content (AvgIpc) is 2.43. The molecule has 0 amide bonds. The summed E-state index contributed by atoms with van der Waals surface area (Å²) in [6.45, 7) is 6.35. The van der Waals surface area contributed by atoms with Crippen molar-refractivity contribution in [1.29, 1.82) is 0 Å². The SMILES string of the molecule is COCCN(Cc1cc(F)cc(C#CCCO)c1)C(C)C. The van der Waals surface area contributed by atoms with Gasteiger partial charge in [0.1, 0.15) is 5.82 Å². The Labute approximate surface area is 126 Å². The van der Waals surface area contributed by atoms with Crippen LogP contribution in [-0.4, -0.2) is 42.9 Å². The van der Waals surface area contributed by atoms with E-state index in [4.69, 9.17) is 9.84 Å². The van der Waals surface area contributed by atoms with E-state index < -0.39 is 0 Å². The highest BCUT2D eigenvalue weighted by Crippen LogP contribution is 2.13. The molecule has 0 spiro atoms. The molecule has 0 saturated heterocycles. The van der Waals surface area contributed by atoms with Gasteiger partial charge < -0.3 is 9.84 Å². The third-order valence-electron chi connectivity index (χ3n) is 3.13. The molecule has 0 fully saturated rings. The van der Waals surface area contributed by atoms with Crippen LogP contribution in [-0.2, 0) is 11.3 Å². The summed E-state index contributed by atoms with van der Waals surface area (Å²) in [5, 5.41) is 8.72. The number of rotatable bonds is 7. The lowest BCUT2D eigenvalue weighted by atomic mass is 10.1. The molecule has 3 nitrogen and oxygen atoms in total. The van der Waals surface area contributed by atoms with Crippen LogP contribution in [0.15, 0.2) is 18.2 Å². The number of aliphatic hydroxyl groups is 1. The average molecular weight is 293 g/mol. The molecule has 21 heavy (non-hydrogen) atoms. The van der Waals surface area contributed by atoms with Crippen LogP contribution in [0.1, 0.15) is 31.4 Å². The second kappa shape index (κ2) is 9.51. The maximum Gasteiger partial charge on any atom is 0.124 e. The highest BCUT2D eigenvalue weighted by atomic mass is 19.1. The Kier molecular flexibility index (Phi) is 7.99. The Balaban J connectivity index is 2.84. The van der Waals surface area contributed by atoms with Crippen LogP contribution in [0.2, 0.25) is 0 Å². The molecule has 0 aliphatic carbocycles. The van der Waals surface area contributed by atoms with E-state index in [2.05, 4.69) is 30.6 Å². The Morgan fingerprint density at radius 2 is 2.10 bits per heavy atom. The maximum atomic E-state index is 13.7. The molecule has 0 aliphatic heterocycles. The lowest BCUT2D eigenvalue weighted by Crippen LogP contribution is -2.33. The standard InChI is InChI=1S/C17H24FNO2/c1-14(2)19(7-9-21-3)13-16-10-15(6-4-5-8-20)11-17(18)12-16/h10-12,14,20H,5,7-9,13H2,1-3H3. The molecular formula is C17H24FNO2. The normalized spacial score (nSPS) is 10.8. The second-order valence-corrected chi connectivity index (χ2v) is 5.18. The zero-order valence-electron chi connectivity index (χ0n) is 13.0. The quantitative estimate of drug-likeness (QED) is 0.784. The van der Waals surface area contributed by atoms with E-state index >= 15 is 0 Å². The van der Waals surface area contributed by atoms with Crippen LogP contribution in [0.5, 0.6) is 0 Å². The van der Waals surface area contributed by atoms with Crippen LogP contribution in [0.25, 0.3) is 0 Å². The van der Waals surface area contributed by atoms with Crippen molar-refractivity contribution in [2.45, 2.75) is 32.9 Å². The molecular weight excluding hydrogens is 269 g/mol. The van der Waals surface area contributed by atoms with Gasteiger partial charge in [-0.15, -0.1) is 0 Å². The number of methoxy groups -OCH3 is 1. The summed E-state index contributed by atoms with van der Waals surface area (Å²) in [7, 11) is 1.68. The fourth-order valence-corrected chi connectivity index (χ4v) is 2.00. The monoisotopic (exact) mass is 293 g/mol. The summed E-state index contributed by atoms with van der Waals surface area (Å²) in [6, 6.07) is 5.21. The minimum Gasteiger partial charge on any atom is -0.395 e. The van der Waals surface area contributed by atoms with Gasteiger partial charge in [-0.2, -0.15) is 0 Å². The fourth-order valence-electron chi connectivity index (χ4n) is 2.00. The molecule has 0 saturated carbocycles. The first-order chi connectivity index (χ1) is 10.1.